The van der Waals surface area contributed by atoms with Gasteiger partial charge in [0.2, 0.25) is 0 Å². The number of aromatic hydroxyl groups is 1. The zero-order valence-electron chi connectivity index (χ0n) is 12.2. The fourth-order valence-corrected chi connectivity index (χ4v) is 2.29. The lowest BCUT2D eigenvalue weighted by molar-refractivity contribution is 0.0955. The quantitative estimate of drug-likeness (QED) is 0.633. The number of hydrazone groups is 1. The van der Waals surface area contributed by atoms with Gasteiger partial charge >= 0.3 is 0 Å². The highest BCUT2D eigenvalue weighted by Gasteiger charge is 2.07. The summed E-state index contributed by atoms with van der Waals surface area (Å²) >= 11 is 11.6. The van der Waals surface area contributed by atoms with Gasteiger partial charge in [0.15, 0.2) is 0 Å². The molecule has 0 saturated heterocycles. The Labute approximate surface area is 143 Å². The lowest BCUT2D eigenvalue weighted by atomic mass is 10.2. The Morgan fingerprint density at radius 3 is 2.65 bits per heavy atom. The summed E-state index contributed by atoms with van der Waals surface area (Å²) in [6.45, 7) is 2.44. The van der Waals surface area contributed by atoms with Crippen LogP contribution in [-0.4, -0.2) is 23.8 Å². The van der Waals surface area contributed by atoms with E-state index in [0.29, 0.717) is 28.5 Å². The predicted octanol–water partition coefficient (Wildman–Crippen LogP) is 3.86. The average Bonchev–Trinajstić information content (AvgIpc) is 2.53. The molecule has 1 amide bonds. The molecule has 0 aliphatic heterocycles. The minimum absolute atomic E-state index is 0.108. The molecule has 7 heteroatoms. The maximum absolute atomic E-state index is 11.9. The predicted molar refractivity (Wildman–Crippen MR) is 90.8 cm³/mol. The largest absolute Gasteiger partial charge is 0.506 e. The number of carbonyl (C=O) groups is 1. The fourth-order valence-electron chi connectivity index (χ4n) is 1.78. The molecule has 0 aromatic heterocycles. The van der Waals surface area contributed by atoms with Gasteiger partial charge in [-0.25, -0.2) is 5.43 Å². The number of hydrogen-bond acceptors (Lipinski definition) is 4. The van der Waals surface area contributed by atoms with Gasteiger partial charge in [0.25, 0.3) is 5.91 Å². The zero-order chi connectivity index (χ0) is 16.8. The Morgan fingerprint density at radius 1 is 1.30 bits per heavy atom. The maximum Gasteiger partial charge on any atom is 0.271 e. The number of benzene rings is 2. The number of halogens is 2. The summed E-state index contributed by atoms with van der Waals surface area (Å²) in [5, 5.41) is 14.0. The molecule has 0 aliphatic carbocycles. The van der Waals surface area contributed by atoms with E-state index in [-0.39, 0.29) is 10.8 Å². The number of nitrogens with one attached hydrogen (secondary N) is 1. The van der Waals surface area contributed by atoms with Crippen LogP contribution in [0.2, 0.25) is 10.0 Å². The van der Waals surface area contributed by atoms with E-state index in [1.807, 2.05) is 6.92 Å². The number of ether oxygens (including phenoxy) is 1. The first-order valence-corrected chi connectivity index (χ1v) is 7.51. The summed E-state index contributed by atoms with van der Waals surface area (Å²) in [5.74, 6) is 0.137. The maximum atomic E-state index is 11.9. The van der Waals surface area contributed by atoms with Crippen LogP contribution in [-0.2, 0) is 0 Å². The van der Waals surface area contributed by atoms with Gasteiger partial charge in [-0.15, -0.1) is 0 Å². The monoisotopic (exact) mass is 352 g/mol. The minimum Gasteiger partial charge on any atom is -0.506 e. The molecular weight excluding hydrogens is 339 g/mol. The Kier molecular flexibility index (Phi) is 5.84. The van der Waals surface area contributed by atoms with E-state index in [0.717, 1.165) is 0 Å². The molecular formula is C16H14Cl2N2O3. The second-order valence-corrected chi connectivity index (χ2v) is 5.33. The van der Waals surface area contributed by atoms with Crippen LogP contribution in [0, 0.1) is 0 Å². The van der Waals surface area contributed by atoms with Crippen molar-refractivity contribution in [3.63, 3.8) is 0 Å². The number of hydrogen-bond donors (Lipinski definition) is 2. The Bertz CT molecular complexity index is 731. The lowest BCUT2D eigenvalue weighted by Gasteiger charge is -2.04. The SMILES string of the molecule is CCOc1ccc(C(=O)NN=Cc2cc(Cl)cc(Cl)c2O)cc1. The van der Waals surface area contributed by atoms with E-state index in [1.54, 1.807) is 24.3 Å². The third kappa shape index (κ3) is 4.61. The molecule has 0 atom stereocenters. The number of amides is 1. The van der Waals surface area contributed by atoms with Gasteiger partial charge in [-0.2, -0.15) is 5.10 Å². The van der Waals surface area contributed by atoms with Crippen molar-refractivity contribution in [1.29, 1.82) is 0 Å². The molecule has 2 N–H and O–H groups in total. The van der Waals surface area contributed by atoms with Crippen molar-refractivity contribution in [2.75, 3.05) is 6.61 Å². The van der Waals surface area contributed by atoms with E-state index in [1.165, 1.54) is 18.3 Å². The van der Waals surface area contributed by atoms with E-state index in [2.05, 4.69) is 10.5 Å². The molecule has 2 aromatic carbocycles. The van der Waals surface area contributed by atoms with Gasteiger partial charge < -0.3 is 9.84 Å². The van der Waals surface area contributed by atoms with Crippen molar-refractivity contribution < 1.29 is 14.6 Å². The van der Waals surface area contributed by atoms with Gasteiger partial charge in [0.1, 0.15) is 11.5 Å². The first-order chi connectivity index (χ1) is 11.0. The molecule has 0 fully saturated rings. The lowest BCUT2D eigenvalue weighted by Crippen LogP contribution is -2.17. The number of phenolic OH excluding ortho intramolecular Hbond substituents is 1. The molecule has 0 aliphatic rings. The average molecular weight is 353 g/mol. The second-order valence-electron chi connectivity index (χ2n) is 4.48. The molecule has 0 unspecified atom stereocenters. The van der Waals surface area contributed by atoms with E-state index in [9.17, 15) is 9.90 Å². The Hall–Kier alpha value is -2.24. The van der Waals surface area contributed by atoms with E-state index in [4.69, 9.17) is 27.9 Å². The van der Waals surface area contributed by atoms with Crippen molar-refractivity contribution >= 4 is 35.3 Å². The van der Waals surface area contributed by atoms with E-state index >= 15 is 0 Å². The van der Waals surface area contributed by atoms with Crippen molar-refractivity contribution in [1.82, 2.24) is 5.43 Å². The van der Waals surface area contributed by atoms with Crippen LogP contribution in [0.1, 0.15) is 22.8 Å². The number of rotatable bonds is 5. The fraction of sp³-hybridized carbons (Fsp3) is 0.125. The van der Waals surface area contributed by atoms with E-state index < -0.39 is 5.91 Å². The molecule has 2 aromatic rings. The molecule has 2 rings (SSSR count). The van der Waals surface area contributed by atoms with Crippen molar-refractivity contribution in [2.24, 2.45) is 5.10 Å². The normalized spacial score (nSPS) is 10.7. The molecule has 23 heavy (non-hydrogen) atoms. The van der Waals surface area contributed by atoms with Crippen molar-refractivity contribution in [2.45, 2.75) is 6.92 Å². The van der Waals surface area contributed by atoms with Crippen LogP contribution < -0.4 is 10.2 Å². The Balaban J connectivity index is 2.04. The highest BCUT2D eigenvalue weighted by atomic mass is 35.5. The van der Waals surface area contributed by atoms with Gasteiger partial charge in [-0.05, 0) is 43.3 Å². The summed E-state index contributed by atoms with van der Waals surface area (Å²) in [6.07, 6.45) is 1.26. The third-order valence-electron chi connectivity index (χ3n) is 2.85. The summed E-state index contributed by atoms with van der Waals surface area (Å²) in [5.41, 5.74) is 3.09. The molecule has 0 saturated carbocycles. The summed E-state index contributed by atoms with van der Waals surface area (Å²) < 4.78 is 5.30. The first-order valence-electron chi connectivity index (χ1n) is 6.75. The van der Waals surface area contributed by atoms with Crippen molar-refractivity contribution in [3.05, 3.63) is 57.6 Å². The molecule has 120 valence electrons. The summed E-state index contributed by atoms with van der Waals surface area (Å²) in [7, 11) is 0. The van der Waals surface area contributed by atoms with Crippen molar-refractivity contribution in [3.8, 4) is 11.5 Å². The minimum atomic E-state index is -0.392. The second kappa shape index (κ2) is 7.85. The topological polar surface area (TPSA) is 70.9 Å². The summed E-state index contributed by atoms with van der Waals surface area (Å²) in [4.78, 5) is 11.9. The van der Waals surface area contributed by atoms with Crippen LogP contribution in [0.4, 0.5) is 0 Å². The number of nitrogens with zero attached hydrogens (tertiary/aromatic N) is 1. The van der Waals surface area contributed by atoms with Crippen LogP contribution in [0.3, 0.4) is 0 Å². The highest BCUT2D eigenvalue weighted by molar-refractivity contribution is 6.36. The zero-order valence-corrected chi connectivity index (χ0v) is 13.7. The van der Waals surface area contributed by atoms with Gasteiger partial charge in [-0.3, -0.25) is 4.79 Å². The van der Waals surface area contributed by atoms with Gasteiger partial charge in [-0.1, -0.05) is 23.2 Å². The van der Waals surface area contributed by atoms with Gasteiger partial charge in [0, 0.05) is 16.1 Å². The molecule has 0 spiro atoms. The van der Waals surface area contributed by atoms with Gasteiger partial charge in [0.05, 0.1) is 17.8 Å². The number of carbonyl (C=O) groups excluding carboxylic acids is 1. The highest BCUT2D eigenvalue weighted by Crippen LogP contribution is 2.29. The molecule has 0 heterocycles. The molecule has 0 bridgehead atoms. The van der Waals surface area contributed by atoms with Crippen LogP contribution in [0.5, 0.6) is 11.5 Å². The first kappa shape index (κ1) is 17.1. The third-order valence-corrected chi connectivity index (χ3v) is 3.36. The number of phenols is 1. The standard InChI is InChI=1S/C16H14Cl2N2O3/c1-2-23-13-5-3-10(4-6-13)16(22)20-19-9-11-7-12(17)8-14(18)15(11)21/h3-9,21H,2H2,1H3,(H,20,22). The smallest absolute Gasteiger partial charge is 0.271 e. The molecule has 5 nitrogen and oxygen atoms in total. The summed E-state index contributed by atoms with van der Waals surface area (Å²) in [6, 6.07) is 9.55. The Morgan fingerprint density at radius 2 is 2.00 bits per heavy atom. The van der Waals surface area contributed by atoms with Crippen LogP contribution in [0.15, 0.2) is 41.5 Å². The molecule has 0 radical (unpaired) electrons. The van der Waals surface area contributed by atoms with Crippen LogP contribution >= 0.6 is 23.2 Å². The van der Waals surface area contributed by atoms with Crippen LogP contribution in [0.25, 0.3) is 0 Å².